The number of nitrogens with one attached hydrogen (secondary N) is 1. The molecule has 1 heterocycles. The van der Waals surface area contributed by atoms with Crippen molar-refractivity contribution in [2.45, 2.75) is 17.9 Å². The number of amides is 3. The van der Waals surface area contributed by atoms with E-state index in [2.05, 4.69) is 5.32 Å². The molecule has 0 unspecified atom stereocenters. The van der Waals surface area contributed by atoms with Gasteiger partial charge in [0.15, 0.2) is 6.10 Å². The van der Waals surface area contributed by atoms with Crippen molar-refractivity contribution in [2.75, 3.05) is 25.1 Å². The lowest BCUT2D eigenvalue weighted by atomic mass is 10.2. The van der Waals surface area contributed by atoms with Crippen molar-refractivity contribution < 1.29 is 23.9 Å². The van der Waals surface area contributed by atoms with Crippen LogP contribution >= 0.6 is 23.5 Å². The Labute approximate surface area is 153 Å². The SMILES string of the molecule is CSc1ccc(C(=O)O[C@H](C)C(=O)NCCN2C(=O)CSC2=O)cc1. The average molecular weight is 382 g/mol. The van der Waals surface area contributed by atoms with E-state index in [1.165, 1.54) is 6.92 Å². The van der Waals surface area contributed by atoms with Gasteiger partial charge in [-0.3, -0.25) is 19.3 Å². The molecule has 1 atom stereocenters. The molecule has 1 N–H and O–H groups in total. The van der Waals surface area contributed by atoms with E-state index in [0.29, 0.717) is 5.56 Å². The highest BCUT2D eigenvalue weighted by Crippen LogP contribution is 2.18. The van der Waals surface area contributed by atoms with Crippen LogP contribution in [0.1, 0.15) is 17.3 Å². The molecule has 1 saturated heterocycles. The van der Waals surface area contributed by atoms with E-state index in [-0.39, 0.29) is 30.0 Å². The topological polar surface area (TPSA) is 92.8 Å². The molecule has 1 aliphatic heterocycles. The second-order valence-electron chi connectivity index (χ2n) is 5.17. The first-order valence-corrected chi connectivity index (χ1v) is 9.73. The lowest BCUT2D eigenvalue weighted by Crippen LogP contribution is -2.41. The third kappa shape index (κ3) is 5.23. The number of benzene rings is 1. The molecule has 25 heavy (non-hydrogen) atoms. The summed E-state index contributed by atoms with van der Waals surface area (Å²) < 4.78 is 5.13. The molecule has 2 rings (SSSR count). The zero-order valence-corrected chi connectivity index (χ0v) is 15.4. The van der Waals surface area contributed by atoms with Gasteiger partial charge in [0.25, 0.3) is 11.1 Å². The van der Waals surface area contributed by atoms with Crippen molar-refractivity contribution in [1.29, 1.82) is 0 Å². The number of ether oxygens (including phenoxy) is 1. The van der Waals surface area contributed by atoms with Crippen LogP contribution < -0.4 is 5.32 Å². The van der Waals surface area contributed by atoms with Gasteiger partial charge in [0.2, 0.25) is 5.91 Å². The fourth-order valence-electron chi connectivity index (χ4n) is 2.04. The van der Waals surface area contributed by atoms with Crippen LogP contribution in [0.3, 0.4) is 0 Å². The largest absolute Gasteiger partial charge is 0.449 e. The normalized spacial score (nSPS) is 15.2. The van der Waals surface area contributed by atoms with E-state index in [9.17, 15) is 19.2 Å². The first-order valence-electron chi connectivity index (χ1n) is 7.52. The van der Waals surface area contributed by atoms with Crippen LogP contribution in [0, 0.1) is 0 Å². The van der Waals surface area contributed by atoms with Crippen LogP contribution in [0.2, 0.25) is 0 Å². The molecule has 0 aromatic heterocycles. The van der Waals surface area contributed by atoms with E-state index >= 15 is 0 Å². The van der Waals surface area contributed by atoms with Crippen molar-refractivity contribution in [3.63, 3.8) is 0 Å². The van der Waals surface area contributed by atoms with Crippen molar-refractivity contribution in [3.05, 3.63) is 29.8 Å². The van der Waals surface area contributed by atoms with Crippen LogP contribution in [0.25, 0.3) is 0 Å². The number of carbonyl (C=O) groups is 4. The molecule has 0 saturated carbocycles. The molecule has 9 heteroatoms. The van der Waals surface area contributed by atoms with Crippen LogP contribution in [-0.2, 0) is 14.3 Å². The summed E-state index contributed by atoms with van der Waals surface area (Å²) >= 11 is 2.50. The Hall–Kier alpha value is -2.00. The van der Waals surface area contributed by atoms with E-state index in [0.717, 1.165) is 21.6 Å². The zero-order chi connectivity index (χ0) is 18.4. The van der Waals surface area contributed by atoms with Gasteiger partial charge in [-0.05, 0) is 37.4 Å². The highest BCUT2D eigenvalue weighted by atomic mass is 32.2. The molecule has 1 aromatic rings. The maximum Gasteiger partial charge on any atom is 0.338 e. The Kier molecular flexibility index (Phi) is 6.89. The highest BCUT2D eigenvalue weighted by Gasteiger charge is 2.29. The van der Waals surface area contributed by atoms with E-state index in [4.69, 9.17) is 4.74 Å². The minimum Gasteiger partial charge on any atom is -0.449 e. The molecule has 0 bridgehead atoms. The van der Waals surface area contributed by atoms with Gasteiger partial charge in [-0.25, -0.2) is 4.79 Å². The minimum absolute atomic E-state index is 0.104. The summed E-state index contributed by atoms with van der Waals surface area (Å²) in [5, 5.41) is 2.24. The second kappa shape index (κ2) is 8.91. The fraction of sp³-hybridized carbons (Fsp3) is 0.375. The summed E-state index contributed by atoms with van der Waals surface area (Å²) in [5.41, 5.74) is 0.364. The van der Waals surface area contributed by atoms with E-state index in [1.54, 1.807) is 36.0 Å². The van der Waals surface area contributed by atoms with Gasteiger partial charge >= 0.3 is 5.97 Å². The molecule has 0 radical (unpaired) electrons. The summed E-state index contributed by atoms with van der Waals surface area (Å²) in [6, 6.07) is 6.88. The maximum atomic E-state index is 12.0. The number of hydrogen-bond acceptors (Lipinski definition) is 7. The lowest BCUT2D eigenvalue weighted by molar-refractivity contribution is -0.130. The molecule has 0 spiro atoms. The predicted molar refractivity (Wildman–Crippen MR) is 95.7 cm³/mol. The zero-order valence-electron chi connectivity index (χ0n) is 13.8. The molecule has 1 aromatic carbocycles. The molecule has 7 nitrogen and oxygen atoms in total. The Balaban J connectivity index is 1.78. The van der Waals surface area contributed by atoms with Gasteiger partial charge in [-0.2, -0.15) is 0 Å². The minimum atomic E-state index is -0.980. The number of esters is 1. The number of rotatable bonds is 7. The van der Waals surface area contributed by atoms with Gasteiger partial charge in [0.05, 0.1) is 11.3 Å². The first-order chi connectivity index (χ1) is 11.9. The van der Waals surface area contributed by atoms with Crippen molar-refractivity contribution >= 4 is 46.5 Å². The van der Waals surface area contributed by atoms with E-state index < -0.39 is 18.0 Å². The molecule has 3 amide bonds. The molecule has 1 aliphatic rings. The van der Waals surface area contributed by atoms with Gasteiger partial charge in [0, 0.05) is 18.0 Å². The Morgan fingerprint density at radius 1 is 1.32 bits per heavy atom. The van der Waals surface area contributed by atoms with Gasteiger partial charge in [-0.15, -0.1) is 11.8 Å². The highest BCUT2D eigenvalue weighted by molar-refractivity contribution is 8.14. The van der Waals surface area contributed by atoms with Crippen molar-refractivity contribution in [2.24, 2.45) is 0 Å². The molecule has 1 fully saturated rings. The lowest BCUT2D eigenvalue weighted by Gasteiger charge is -2.16. The number of imide groups is 1. The van der Waals surface area contributed by atoms with E-state index in [1.807, 2.05) is 6.26 Å². The van der Waals surface area contributed by atoms with Crippen LogP contribution in [0.15, 0.2) is 29.2 Å². The Morgan fingerprint density at radius 3 is 2.56 bits per heavy atom. The Morgan fingerprint density at radius 2 is 2.00 bits per heavy atom. The summed E-state index contributed by atoms with van der Waals surface area (Å²) in [6.07, 6.45) is 0.953. The summed E-state index contributed by atoms with van der Waals surface area (Å²) in [4.78, 5) is 49.0. The summed E-state index contributed by atoms with van der Waals surface area (Å²) in [6.45, 7) is 1.68. The number of carbonyl (C=O) groups excluding carboxylic acids is 4. The van der Waals surface area contributed by atoms with Crippen molar-refractivity contribution in [1.82, 2.24) is 10.2 Å². The summed E-state index contributed by atoms with van der Waals surface area (Å²) in [7, 11) is 0. The molecule has 0 aliphatic carbocycles. The first kappa shape index (κ1) is 19.3. The fourth-order valence-corrected chi connectivity index (χ4v) is 3.20. The van der Waals surface area contributed by atoms with Gasteiger partial charge in [-0.1, -0.05) is 11.8 Å². The average Bonchev–Trinajstić information content (AvgIpc) is 2.93. The monoisotopic (exact) mass is 382 g/mol. The Bertz CT molecular complexity index is 662. The third-order valence-corrected chi connectivity index (χ3v) is 5.06. The standard InChI is InChI=1S/C16H18N2O5S2/c1-10(23-15(21)11-3-5-12(24-2)6-4-11)14(20)17-7-8-18-13(19)9-25-16(18)22/h3-6,10H,7-9H2,1-2H3,(H,17,20)/t10-/m1/s1. The molecule has 134 valence electrons. The maximum absolute atomic E-state index is 12.0. The smallest absolute Gasteiger partial charge is 0.338 e. The summed E-state index contributed by atoms with van der Waals surface area (Å²) in [5.74, 6) is -1.20. The number of hydrogen-bond donors (Lipinski definition) is 1. The van der Waals surface area contributed by atoms with Crippen molar-refractivity contribution in [3.8, 4) is 0 Å². The van der Waals surface area contributed by atoms with Gasteiger partial charge in [0.1, 0.15) is 0 Å². The second-order valence-corrected chi connectivity index (χ2v) is 6.97. The third-order valence-electron chi connectivity index (χ3n) is 3.45. The quantitative estimate of drug-likeness (QED) is 0.567. The van der Waals surface area contributed by atoms with Crippen LogP contribution in [0.5, 0.6) is 0 Å². The van der Waals surface area contributed by atoms with Gasteiger partial charge < -0.3 is 10.1 Å². The number of nitrogens with zero attached hydrogens (tertiary/aromatic N) is 1. The predicted octanol–water partition coefficient (Wildman–Crippen LogP) is 1.77. The van der Waals surface area contributed by atoms with Crippen LogP contribution in [0.4, 0.5) is 4.79 Å². The molecular formula is C16H18N2O5S2. The number of thioether (sulfide) groups is 2. The van der Waals surface area contributed by atoms with Crippen LogP contribution in [-0.4, -0.2) is 59.1 Å². The molecular weight excluding hydrogens is 364 g/mol.